The molecule has 0 bridgehead atoms. The lowest BCUT2D eigenvalue weighted by Crippen LogP contribution is -2.60. The maximum atomic E-state index is 11.4. The van der Waals surface area contributed by atoms with Gasteiger partial charge < -0.3 is 34.6 Å². The molecule has 0 unspecified atom stereocenters. The van der Waals surface area contributed by atoms with Crippen molar-refractivity contribution in [2.24, 2.45) is 0 Å². The van der Waals surface area contributed by atoms with Crippen molar-refractivity contribution in [3.63, 3.8) is 0 Å². The van der Waals surface area contributed by atoms with Gasteiger partial charge in [-0.1, -0.05) is 36.4 Å². The predicted molar refractivity (Wildman–Crippen MR) is 94.5 cm³/mol. The molecule has 5 atom stereocenters. The van der Waals surface area contributed by atoms with Crippen LogP contribution >= 0.6 is 0 Å². The number of fused-ring (bicyclic) bond motifs is 1. The van der Waals surface area contributed by atoms with Crippen LogP contribution in [0.5, 0.6) is 5.75 Å². The van der Waals surface area contributed by atoms with E-state index < -0.39 is 55.7 Å². The second kappa shape index (κ2) is 8.53. The zero-order valence-corrected chi connectivity index (χ0v) is 14.7. The second-order valence-corrected chi connectivity index (χ2v) is 6.36. The van der Waals surface area contributed by atoms with Gasteiger partial charge in [-0.2, -0.15) is 0 Å². The summed E-state index contributed by atoms with van der Waals surface area (Å²) in [5.41, 5.74) is 0. The van der Waals surface area contributed by atoms with Crippen molar-refractivity contribution in [2.75, 3.05) is 6.61 Å². The number of ether oxygens (including phenoxy) is 3. The molecule has 0 aliphatic carbocycles. The third-order valence-electron chi connectivity index (χ3n) is 4.37. The number of rotatable bonds is 6. The number of carboxylic acids is 1. The first-order valence-electron chi connectivity index (χ1n) is 8.58. The Morgan fingerprint density at radius 1 is 0.964 bits per heavy atom. The highest BCUT2D eigenvalue weighted by molar-refractivity contribution is 5.90. The van der Waals surface area contributed by atoms with Crippen molar-refractivity contribution in [3.05, 3.63) is 42.5 Å². The summed E-state index contributed by atoms with van der Waals surface area (Å²) in [7, 11) is 0. The molecular formula is C19H20O9. The fourth-order valence-corrected chi connectivity index (χ4v) is 2.92. The summed E-state index contributed by atoms with van der Waals surface area (Å²) in [6.45, 7) is -0.507. The maximum absolute atomic E-state index is 11.4. The third kappa shape index (κ3) is 4.39. The van der Waals surface area contributed by atoms with Gasteiger partial charge >= 0.3 is 11.9 Å². The molecule has 1 saturated heterocycles. The number of benzene rings is 2. The number of aliphatic hydroxyl groups is 3. The highest BCUT2D eigenvalue weighted by atomic mass is 16.7. The van der Waals surface area contributed by atoms with Crippen LogP contribution < -0.4 is 4.74 Å². The molecule has 9 heteroatoms. The molecule has 1 aliphatic heterocycles. The molecular weight excluding hydrogens is 372 g/mol. The first kappa shape index (κ1) is 20.0. The molecule has 2 aromatic carbocycles. The number of carbonyl (C=O) groups is 2. The SMILES string of the molecule is O=C(O)CC(=O)OC[C@H]1O[C@@H](Oc2cccc3ccccc23)[C@H](O)[C@@H](O)[C@@H]1O. The van der Waals surface area contributed by atoms with Crippen molar-refractivity contribution in [1.82, 2.24) is 0 Å². The van der Waals surface area contributed by atoms with Gasteiger partial charge in [-0.25, -0.2) is 0 Å². The highest BCUT2D eigenvalue weighted by Crippen LogP contribution is 2.29. The van der Waals surface area contributed by atoms with Crippen molar-refractivity contribution >= 4 is 22.7 Å². The summed E-state index contributed by atoms with van der Waals surface area (Å²) in [6.07, 6.45) is -8.12. The lowest BCUT2D eigenvalue weighted by molar-refractivity contribution is -0.278. The number of hydrogen-bond acceptors (Lipinski definition) is 8. The van der Waals surface area contributed by atoms with Crippen LogP contribution in [0.2, 0.25) is 0 Å². The molecule has 1 heterocycles. The number of aliphatic carboxylic acids is 1. The Morgan fingerprint density at radius 3 is 2.43 bits per heavy atom. The van der Waals surface area contributed by atoms with E-state index in [0.717, 1.165) is 10.8 Å². The smallest absolute Gasteiger partial charge is 0.317 e. The molecule has 0 aromatic heterocycles. The van der Waals surface area contributed by atoms with Crippen LogP contribution in [-0.2, 0) is 19.1 Å². The Bertz CT molecular complexity index is 847. The molecule has 3 rings (SSSR count). The van der Waals surface area contributed by atoms with E-state index in [-0.39, 0.29) is 0 Å². The number of esters is 1. The van der Waals surface area contributed by atoms with E-state index in [4.69, 9.17) is 19.3 Å². The standard InChI is InChI=1S/C19H20O9/c20-14(21)8-15(22)26-9-13-16(23)17(24)18(25)19(28-13)27-12-7-3-5-10-4-1-2-6-11(10)12/h1-7,13,16-19,23-25H,8-9H2,(H,20,21)/t13-,16-,17+,18-,19-/m1/s1. The normalized spacial score (nSPS) is 27.3. The lowest BCUT2D eigenvalue weighted by Gasteiger charge is -2.40. The van der Waals surface area contributed by atoms with Crippen molar-refractivity contribution in [1.29, 1.82) is 0 Å². The zero-order valence-electron chi connectivity index (χ0n) is 14.7. The summed E-state index contributed by atoms with van der Waals surface area (Å²) in [5.74, 6) is -1.98. The van der Waals surface area contributed by atoms with Gasteiger partial charge in [0.25, 0.3) is 0 Å². The molecule has 0 amide bonds. The number of carbonyl (C=O) groups excluding carboxylic acids is 1. The minimum absolute atomic E-state index is 0.396. The van der Waals surface area contributed by atoms with E-state index in [0.29, 0.717) is 5.75 Å². The predicted octanol–water partition coefficient (Wildman–Crippen LogP) is 0.0441. The molecule has 4 N–H and O–H groups in total. The molecule has 0 radical (unpaired) electrons. The quantitative estimate of drug-likeness (QED) is 0.396. The molecule has 9 nitrogen and oxygen atoms in total. The van der Waals surface area contributed by atoms with Crippen LogP contribution in [0.1, 0.15) is 6.42 Å². The van der Waals surface area contributed by atoms with Gasteiger partial charge in [0.05, 0.1) is 0 Å². The van der Waals surface area contributed by atoms with Gasteiger partial charge in [0.2, 0.25) is 6.29 Å². The van der Waals surface area contributed by atoms with Crippen LogP contribution in [0.15, 0.2) is 42.5 Å². The minimum atomic E-state index is -1.61. The fraction of sp³-hybridized carbons (Fsp3) is 0.368. The Morgan fingerprint density at radius 2 is 1.68 bits per heavy atom. The largest absolute Gasteiger partial charge is 0.481 e. The third-order valence-corrected chi connectivity index (χ3v) is 4.37. The number of carboxylic acid groups (broad SMARTS) is 1. The minimum Gasteiger partial charge on any atom is -0.481 e. The van der Waals surface area contributed by atoms with Gasteiger partial charge in [-0.15, -0.1) is 0 Å². The Labute approximate surface area is 159 Å². The molecule has 0 spiro atoms. The van der Waals surface area contributed by atoms with E-state index >= 15 is 0 Å². The number of aliphatic hydroxyl groups excluding tert-OH is 3. The highest BCUT2D eigenvalue weighted by Gasteiger charge is 2.45. The van der Waals surface area contributed by atoms with Crippen LogP contribution in [-0.4, -0.2) is 69.7 Å². The van der Waals surface area contributed by atoms with Crippen molar-refractivity contribution in [2.45, 2.75) is 37.1 Å². The van der Waals surface area contributed by atoms with Crippen LogP contribution in [0.4, 0.5) is 0 Å². The topological polar surface area (TPSA) is 143 Å². The monoisotopic (exact) mass is 392 g/mol. The molecule has 1 fully saturated rings. The van der Waals surface area contributed by atoms with E-state index in [1.54, 1.807) is 12.1 Å². The average molecular weight is 392 g/mol. The Hall–Kier alpha value is -2.72. The van der Waals surface area contributed by atoms with E-state index in [1.165, 1.54) is 0 Å². The lowest BCUT2D eigenvalue weighted by atomic mass is 9.99. The summed E-state index contributed by atoms with van der Waals surface area (Å²) < 4.78 is 16.0. The van der Waals surface area contributed by atoms with Crippen LogP contribution in [0, 0.1) is 0 Å². The average Bonchev–Trinajstić information content (AvgIpc) is 2.67. The van der Waals surface area contributed by atoms with Crippen LogP contribution in [0.25, 0.3) is 10.8 Å². The zero-order chi connectivity index (χ0) is 20.3. The van der Waals surface area contributed by atoms with Crippen molar-refractivity contribution < 1.29 is 44.2 Å². The Kier molecular flexibility index (Phi) is 6.10. The molecule has 1 aliphatic rings. The van der Waals surface area contributed by atoms with Gasteiger partial charge in [-0.05, 0) is 11.5 Å². The fourth-order valence-electron chi connectivity index (χ4n) is 2.92. The van der Waals surface area contributed by atoms with E-state index in [1.807, 2.05) is 30.3 Å². The first-order chi connectivity index (χ1) is 13.4. The Balaban J connectivity index is 1.73. The van der Waals surface area contributed by atoms with Crippen LogP contribution in [0.3, 0.4) is 0 Å². The summed E-state index contributed by atoms with van der Waals surface area (Å²) in [4.78, 5) is 21.9. The summed E-state index contributed by atoms with van der Waals surface area (Å²) >= 11 is 0. The molecule has 2 aromatic rings. The second-order valence-electron chi connectivity index (χ2n) is 6.36. The van der Waals surface area contributed by atoms with Gasteiger partial charge in [0.1, 0.15) is 43.2 Å². The van der Waals surface area contributed by atoms with Gasteiger partial charge in [0, 0.05) is 5.39 Å². The van der Waals surface area contributed by atoms with Gasteiger partial charge in [0.15, 0.2) is 0 Å². The first-order valence-corrected chi connectivity index (χ1v) is 8.58. The molecule has 28 heavy (non-hydrogen) atoms. The van der Waals surface area contributed by atoms with E-state index in [2.05, 4.69) is 0 Å². The number of hydrogen-bond donors (Lipinski definition) is 4. The summed E-state index contributed by atoms with van der Waals surface area (Å²) in [5, 5.41) is 40.6. The maximum Gasteiger partial charge on any atom is 0.317 e. The van der Waals surface area contributed by atoms with E-state index in [9.17, 15) is 24.9 Å². The molecule has 0 saturated carbocycles. The van der Waals surface area contributed by atoms with Gasteiger partial charge in [-0.3, -0.25) is 9.59 Å². The van der Waals surface area contributed by atoms with Crippen molar-refractivity contribution in [3.8, 4) is 5.75 Å². The molecule has 150 valence electrons. The summed E-state index contributed by atoms with van der Waals surface area (Å²) in [6, 6.07) is 12.7.